The number of pyridine rings is 2. The number of alkyl halides is 6. The predicted octanol–water partition coefficient (Wildman–Crippen LogP) is 5.57. The summed E-state index contributed by atoms with van der Waals surface area (Å²) in [7, 11) is 0. The van der Waals surface area contributed by atoms with E-state index in [0.29, 0.717) is 23.8 Å². The van der Waals surface area contributed by atoms with Gasteiger partial charge < -0.3 is 9.80 Å². The van der Waals surface area contributed by atoms with Gasteiger partial charge in [0, 0.05) is 43.9 Å². The minimum absolute atomic E-state index is 0.0591. The number of halogens is 6. The maximum atomic E-state index is 13.7. The quantitative estimate of drug-likeness (QED) is 0.420. The van der Waals surface area contributed by atoms with Crippen LogP contribution in [0.2, 0.25) is 0 Å². The molecular weight excluding hydrogens is 498 g/mol. The Balaban J connectivity index is 1.58. The summed E-state index contributed by atoms with van der Waals surface area (Å²) >= 11 is 0. The van der Waals surface area contributed by atoms with E-state index < -0.39 is 23.6 Å². The summed E-state index contributed by atoms with van der Waals surface area (Å²) in [5.74, 6) is 0.225. The highest BCUT2D eigenvalue weighted by Crippen LogP contribution is 2.37. The van der Waals surface area contributed by atoms with Gasteiger partial charge in [0.2, 0.25) is 5.95 Å². The molecule has 5 rings (SSSR count). The van der Waals surface area contributed by atoms with E-state index in [1.165, 1.54) is 24.4 Å². The average Bonchev–Trinajstić information content (AvgIpc) is 3.17. The minimum atomic E-state index is -4.63. The predicted molar refractivity (Wildman–Crippen MR) is 125 cm³/mol. The van der Waals surface area contributed by atoms with Crippen LogP contribution in [0.5, 0.6) is 0 Å². The first kappa shape index (κ1) is 25.2. The fourth-order valence-electron chi connectivity index (χ4n) is 4.96. The van der Waals surface area contributed by atoms with Gasteiger partial charge in [-0.1, -0.05) is 6.07 Å². The summed E-state index contributed by atoms with van der Waals surface area (Å²) < 4.78 is 81.2. The van der Waals surface area contributed by atoms with E-state index in [1.807, 2.05) is 11.8 Å². The third-order valence-corrected chi connectivity index (χ3v) is 6.81. The van der Waals surface area contributed by atoms with Crippen molar-refractivity contribution in [2.75, 3.05) is 29.4 Å². The van der Waals surface area contributed by atoms with Crippen LogP contribution >= 0.6 is 0 Å². The number of fused-ring (bicyclic) bond motifs is 1. The fraction of sp³-hybridized carbons (Fsp3) is 0.440. The molecule has 1 fully saturated rings. The van der Waals surface area contributed by atoms with Crippen molar-refractivity contribution < 1.29 is 26.3 Å². The van der Waals surface area contributed by atoms with Crippen molar-refractivity contribution in [3.8, 4) is 11.4 Å². The van der Waals surface area contributed by atoms with Gasteiger partial charge in [0.25, 0.3) is 0 Å². The van der Waals surface area contributed by atoms with Crippen molar-refractivity contribution in [2.24, 2.45) is 0 Å². The maximum Gasteiger partial charge on any atom is 0.433 e. The van der Waals surface area contributed by atoms with Gasteiger partial charge in [0.15, 0.2) is 0 Å². The summed E-state index contributed by atoms with van der Waals surface area (Å²) in [6.07, 6.45) is -5.51. The molecule has 0 amide bonds. The molecule has 0 bridgehead atoms. The second-order valence-electron chi connectivity index (χ2n) is 9.25. The lowest BCUT2D eigenvalue weighted by molar-refractivity contribution is -0.141. The van der Waals surface area contributed by atoms with E-state index in [9.17, 15) is 26.3 Å². The average molecular weight is 522 g/mol. The standard InChI is InChI=1S/C25H24F6N6/c1-15-5-4-12-37(15)23-34-18-10-14-36(22-17(24(26,27)28)6-3-11-32-22)13-9-16(18)21(35-23)19-7-2-8-20(33-19)25(29,30)31/h2-3,6-8,11,15H,4-5,9-10,12-14H2,1H3. The van der Waals surface area contributed by atoms with E-state index >= 15 is 0 Å². The van der Waals surface area contributed by atoms with Gasteiger partial charge in [-0.05, 0) is 50.5 Å². The van der Waals surface area contributed by atoms with Gasteiger partial charge in [0.05, 0.1) is 22.6 Å². The lowest BCUT2D eigenvalue weighted by atomic mass is 10.0. The first-order valence-corrected chi connectivity index (χ1v) is 12.0. The van der Waals surface area contributed by atoms with Crippen LogP contribution < -0.4 is 9.80 Å². The second-order valence-corrected chi connectivity index (χ2v) is 9.25. The third-order valence-electron chi connectivity index (χ3n) is 6.81. The molecule has 3 aromatic heterocycles. The topological polar surface area (TPSA) is 58.0 Å². The zero-order valence-corrected chi connectivity index (χ0v) is 19.9. The van der Waals surface area contributed by atoms with E-state index in [-0.39, 0.29) is 49.2 Å². The highest BCUT2D eigenvalue weighted by molar-refractivity contribution is 5.63. The molecule has 1 atom stereocenters. The monoisotopic (exact) mass is 522 g/mol. The van der Waals surface area contributed by atoms with Crippen molar-refractivity contribution in [2.45, 2.75) is 51.0 Å². The number of nitrogens with zero attached hydrogens (tertiary/aromatic N) is 6. The molecule has 0 aliphatic carbocycles. The Kier molecular flexibility index (Phi) is 6.45. The third kappa shape index (κ3) is 5.05. The lowest BCUT2D eigenvalue weighted by Crippen LogP contribution is -2.29. The molecule has 0 saturated carbocycles. The second kappa shape index (κ2) is 9.46. The van der Waals surface area contributed by atoms with Gasteiger partial charge in [0.1, 0.15) is 11.5 Å². The van der Waals surface area contributed by atoms with E-state index in [0.717, 1.165) is 25.0 Å². The van der Waals surface area contributed by atoms with Crippen LogP contribution in [0, 0.1) is 0 Å². The summed E-state index contributed by atoms with van der Waals surface area (Å²) in [6, 6.07) is 6.04. The van der Waals surface area contributed by atoms with E-state index in [1.54, 1.807) is 4.90 Å². The Morgan fingerprint density at radius 1 is 0.865 bits per heavy atom. The molecule has 0 spiro atoms. The fourth-order valence-corrected chi connectivity index (χ4v) is 4.96. The molecule has 2 aliphatic rings. The molecule has 0 aromatic carbocycles. The zero-order chi connectivity index (χ0) is 26.4. The number of hydrogen-bond acceptors (Lipinski definition) is 6. The molecule has 2 aliphatic heterocycles. The molecule has 1 saturated heterocycles. The van der Waals surface area contributed by atoms with Crippen LogP contribution in [0.4, 0.5) is 38.1 Å². The highest BCUT2D eigenvalue weighted by atomic mass is 19.4. The van der Waals surface area contributed by atoms with Crippen LogP contribution in [-0.2, 0) is 25.2 Å². The number of hydrogen-bond donors (Lipinski definition) is 0. The Hall–Kier alpha value is -3.44. The first-order chi connectivity index (χ1) is 17.5. The van der Waals surface area contributed by atoms with Crippen LogP contribution in [-0.4, -0.2) is 45.6 Å². The van der Waals surface area contributed by atoms with Crippen molar-refractivity contribution in [3.05, 3.63) is 59.0 Å². The van der Waals surface area contributed by atoms with Crippen LogP contribution in [0.15, 0.2) is 36.5 Å². The molecule has 37 heavy (non-hydrogen) atoms. The smallest absolute Gasteiger partial charge is 0.355 e. The van der Waals surface area contributed by atoms with Crippen LogP contribution in [0.25, 0.3) is 11.4 Å². The van der Waals surface area contributed by atoms with Gasteiger partial charge in [-0.2, -0.15) is 26.3 Å². The summed E-state index contributed by atoms with van der Waals surface area (Å²) in [4.78, 5) is 20.9. The number of rotatable bonds is 3. The van der Waals surface area contributed by atoms with Crippen molar-refractivity contribution in [1.82, 2.24) is 19.9 Å². The molecule has 1 unspecified atom stereocenters. The molecule has 0 N–H and O–H groups in total. The van der Waals surface area contributed by atoms with Crippen LogP contribution in [0.3, 0.4) is 0 Å². The highest BCUT2D eigenvalue weighted by Gasteiger charge is 2.37. The Morgan fingerprint density at radius 3 is 2.35 bits per heavy atom. The van der Waals surface area contributed by atoms with Gasteiger partial charge in [-0.3, -0.25) is 0 Å². The Labute approximate surface area is 209 Å². The summed E-state index contributed by atoms with van der Waals surface area (Å²) in [6.45, 7) is 3.13. The molecule has 3 aromatic rings. The SMILES string of the molecule is CC1CCCN1c1nc2c(c(-c3cccc(C(F)(F)F)n3)n1)CCN(c1ncccc1C(F)(F)F)CC2. The largest absolute Gasteiger partial charge is 0.433 e. The van der Waals surface area contributed by atoms with Crippen molar-refractivity contribution in [3.63, 3.8) is 0 Å². The molecule has 5 heterocycles. The van der Waals surface area contributed by atoms with Gasteiger partial charge >= 0.3 is 12.4 Å². The molecular formula is C25H24F6N6. The summed E-state index contributed by atoms with van der Waals surface area (Å²) in [5.41, 5.74) is -0.335. The first-order valence-electron chi connectivity index (χ1n) is 12.0. The van der Waals surface area contributed by atoms with E-state index in [4.69, 9.17) is 4.98 Å². The summed E-state index contributed by atoms with van der Waals surface area (Å²) in [5, 5.41) is 0. The normalized spacial score (nSPS) is 18.6. The van der Waals surface area contributed by atoms with Gasteiger partial charge in [-0.15, -0.1) is 0 Å². The molecule has 0 radical (unpaired) electrons. The molecule has 196 valence electrons. The Morgan fingerprint density at radius 2 is 1.65 bits per heavy atom. The lowest BCUT2D eigenvalue weighted by Gasteiger charge is -2.24. The zero-order valence-electron chi connectivity index (χ0n) is 19.9. The maximum absolute atomic E-state index is 13.7. The van der Waals surface area contributed by atoms with Gasteiger partial charge in [-0.25, -0.2) is 19.9 Å². The minimum Gasteiger partial charge on any atom is -0.355 e. The molecule has 12 heteroatoms. The molecule has 6 nitrogen and oxygen atoms in total. The van der Waals surface area contributed by atoms with Crippen molar-refractivity contribution in [1.29, 1.82) is 0 Å². The number of aromatic nitrogens is 4. The Bertz CT molecular complexity index is 1290. The van der Waals surface area contributed by atoms with Crippen LogP contribution in [0.1, 0.15) is 42.3 Å². The van der Waals surface area contributed by atoms with E-state index in [2.05, 4.69) is 15.0 Å². The number of anilines is 2. The van der Waals surface area contributed by atoms with Crippen molar-refractivity contribution >= 4 is 11.8 Å².